The van der Waals surface area contributed by atoms with E-state index in [2.05, 4.69) is 17.6 Å². The Morgan fingerprint density at radius 2 is 2.47 bits per heavy atom. The Hall–Kier alpha value is -0.810. The minimum atomic E-state index is 0.0590. The van der Waals surface area contributed by atoms with Gasteiger partial charge in [-0.1, -0.05) is 6.92 Å². The standard InChI is InChI=1S/C10H22N4O/c1-2-9(3-4-11)12-5-7-14-8-6-13-10(14)15/h9,12H,2-8,11H2,1H3,(H,13,15). The first-order valence-electron chi connectivity index (χ1n) is 5.74. The smallest absolute Gasteiger partial charge is 0.317 e. The van der Waals surface area contributed by atoms with Crippen LogP contribution in [0.25, 0.3) is 0 Å². The van der Waals surface area contributed by atoms with Crippen LogP contribution in [0.4, 0.5) is 4.79 Å². The van der Waals surface area contributed by atoms with Crippen LogP contribution in [0.1, 0.15) is 19.8 Å². The van der Waals surface area contributed by atoms with Crippen LogP contribution in [-0.4, -0.2) is 49.7 Å². The van der Waals surface area contributed by atoms with Crippen molar-refractivity contribution >= 4 is 6.03 Å². The van der Waals surface area contributed by atoms with Crippen LogP contribution in [0.3, 0.4) is 0 Å². The summed E-state index contributed by atoms with van der Waals surface area (Å²) in [6, 6.07) is 0.546. The lowest BCUT2D eigenvalue weighted by Gasteiger charge is -2.19. The van der Waals surface area contributed by atoms with Gasteiger partial charge in [0.2, 0.25) is 0 Å². The summed E-state index contributed by atoms with van der Waals surface area (Å²) in [4.78, 5) is 13.0. The van der Waals surface area contributed by atoms with Gasteiger partial charge in [0.15, 0.2) is 0 Å². The van der Waals surface area contributed by atoms with Gasteiger partial charge < -0.3 is 21.3 Å². The van der Waals surface area contributed by atoms with Gasteiger partial charge in [0.05, 0.1) is 0 Å². The van der Waals surface area contributed by atoms with Crippen molar-refractivity contribution in [3.05, 3.63) is 0 Å². The predicted octanol–water partition coefficient (Wildman–Crippen LogP) is -0.271. The fourth-order valence-electron chi connectivity index (χ4n) is 1.78. The van der Waals surface area contributed by atoms with Gasteiger partial charge in [-0.05, 0) is 19.4 Å². The molecule has 1 rings (SSSR count). The average Bonchev–Trinajstić information content (AvgIpc) is 2.63. The van der Waals surface area contributed by atoms with Gasteiger partial charge in [0.1, 0.15) is 0 Å². The molecule has 0 saturated carbocycles. The van der Waals surface area contributed by atoms with Crippen molar-refractivity contribution in [2.75, 3.05) is 32.7 Å². The molecule has 1 aliphatic heterocycles. The van der Waals surface area contributed by atoms with Crippen LogP contribution >= 0.6 is 0 Å². The summed E-state index contributed by atoms with van der Waals surface area (Å²) in [5.41, 5.74) is 5.51. The molecule has 1 fully saturated rings. The summed E-state index contributed by atoms with van der Waals surface area (Å²) in [5, 5.41) is 6.20. The minimum absolute atomic E-state index is 0.0590. The third-order valence-corrected chi connectivity index (χ3v) is 2.77. The number of nitrogens with two attached hydrogens (primary N) is 1. The van der Waals surface area contributed by atoms with Crippen LogP contribution in [0, 0.1) is 0 Å². The molecule has 0 bridgehead atoms. The highest BCUT2D eigenvalue weighted by atomic mass is 16.2. The van der Waals surface area contributed by atoms with Crippen LogP contribution < -0.4 is 16.4 Å². The lowest BCUT2D eigenvalue weighted by Crippen LogP contribution is -2.39. The highest BCUT2D eigenvalue weighted by Crippen LogP contribution is 1.97. The van der Waals surface area contributed by atoms with E-state index in [1.807, 2.05) is 4.90 Å². The van der Waals surface area contributed by atoms with Crippen molar-refractivity contribution in [2.24, 2.45) is 5.73 Å². The molecule has 5 nitrogen and oxygen atoms in total. The summed E-state index contributed by atoms with van der Waals surface area (Å²) in [5.74, 6) is 0. The largest absolute Gasteiger partial charge is 0.336 e. The summed E-state index contributed by atoms with van der Waals surface area (Å²) in [6.45, 7) is 6.11. The first-order chi connectivity index (χ1) is 7.27. The number of carbonyl (C=O) groups is 1. The highest BCUT2D eigenvalue weighted by Gasteiger charge is 2.18. The van der Waals surface area contributed by atoms with Gasteiger partial charge in [-0.15, -0.1) is 0 Å². The zero-order chi connectivity index (χ0) is 11.1. The molecule has 1 atom stereocenters. The molecule has 0 spiro atoms. The van der Waals surface area contributed by atoms with Crippen LogP contribution in [-0.2, 0) is 0 Å². The van der Waals surface area contributed by atoms with Gasteiger partial charge in [-0.25, -0.2) is 4.79 Å². The molecule has 1 aliphatic rings. The van der Waals surface area contributed by atoms with Gasteiger partial charge in [-0.2, -0.15) is 0 Å². The van der Waals surface area contributed by atoms with E-state index >= 15 is 0 Å². The lowest BCUT2D eigenvalue weighted by molar-refractivity contribution is 0.216. The maximum Gasteiger partial charge on any atom is 0.317 e. The second kappa shape index (κ2) is 6.63. The topological polar surface area (TPSA) is 70.4 Å². The van der Waals surface area contributed by atoms with E-state index in [0.29, 0.717) is 6.04 Å². The van der Waals surface area contributed by atoms with E-state index < -0.39 is 0 Å². The fraction of sp³-hybridized carbons (Fsp3) is 0.900. The zero-order valence-electron chi connectivity index (χ0n) is 9.46. The van der Waals surface area contributed by atoms with Gasteiger partial charge >= 0.3 is 6.03 Å². The van der Waals surface area contributed by atoms with Crippen molar-refractivity contribution in [2.45, 2.75) is 25.8 Å². The zero-order valence-corrected chi connectivity index (χ0v) is 9.46. The molecule has 0 aromatic carbocycles. The molecule has 5 heteroatoms. The van der Waals surface area contributed by atoms with Crippen molar-refractivity contribution in [3.63, 3.8) is 0 Å². The van der Waals surface area contributed by atoms with E-state index in [4.69, 9.17) is 5.73 Å². The molecule has 15 heavy (non-hydrogen) atoms. The van der Waals surface area contributed by atoms with Gasteiger partial charge in [0, 0.05) is 32.2 Å². The number of nitrogens with zero attached hydrogens (tertiary/aromatic N) is 1. The summed E-state index contributed by atoms with van der Waals surface area (Å²) >= 11 is 0. The van der Waals surface area contributed by atoms with E-state index in [0.717, 1.165) is 45.6 Å². The molecular weight excluding hydrogens is 192 g/mol. The minimum Gasteiger partial charge on any atom is -0.336 e. The average molecular weight is 214 g/mol. The quantitative estimate of drug-likeness (QED) is 0.546. The summed E-state index contributed by atoms with van der Waals surface area (Å²) in [7, 11) is 0. The third kappa shape index (κ3) is 4.05. The molecule has 1 unspecified atom stereocenters. The van der Waals surface area contributed by atoms with Crippen LogP contribution in [0.2, 0.25) is 0 Å². The number of carbonyl (C=O) groups excluding carboxylic acids is 1. The maximum atomic E-state index is 11.2. The molecule has 2 amide bonds. The number of urea groups is 1. The highest BCUT2D eigenvalue weighted by molar-refractivity contribution is 5.76. The normalized spacial score (nSPS) is 18.0. The van der Waals surface area contributed by atoms with E-state index in [9.17, 15) is 4.79 Å². The number of rotatable bonds is 7. The Bertz CT molecular complexity index is 198. The van der Waals surface area contributed by atoms with Crippen molar-refractivity contribution in [1.82, 2.24) is 15.5 Å². The number of nitrogens with one attached hydrogen (secondary N) is 2. The first-order valence-corrected chi connectivity index (χ1v) is 5.74. The molecule has 0 aromatic heterocycles. The van der Waals surface area contributed by atoms with Crippen LogP contribution in [0.5, 0.6) is 0 Å². The molecule has 88 valence electrons. The Kier molecular flexibility index (Phi) is 5.42. The third-order valence-electron chi connectivity index (χ3n) is 2.77. The second-order valence-corrected chi connectivity index (χ2v) is 3.86. The van der Waals surface area contributed by atoms with E-state index in [-0.39, 0.29) is 6.03 Å². The Balaban J connectivity index is 2.11. The molecule has 4 N–H and O–H groups in total. The lowest BCUT2D eigenvalue weighted by atomic mass is 10.1. The number of hydrogen-bond acceptors (Lipinski definition) is 3. The molecule has 0 aromatic rings. The molecule has 0 aliphatic carbocycles. The Morgan fingerprint density at radius 1 is 1.67 bits per heavy atom. The maximum absolute atomic E-state index is 11.2. The molecule has 1 heterocycles. The Morgan fingerprint density at radius 3 is 3.00 bits per heavy atom. The number of amides is 2. The predicted molar refractivity (Wildman–Crippen MR) is 60.7 cm³/mol. The molecular formula is C10H22N4O. The first kappa shape index (κ1) is 12.3. The Labute approximate surface area is 91.4 Å². The number of hydrogen-bond donors (Lipinski definition) is 3. The molecule has 0 radical (unpaired) electrons. The summed E-state index contributed by atoms with van der Waals surface area (Å²) < 4.78 is 0. The van der Waals surface area contributed by atoms with Crippen LogP contribution in [0.15, 0.2) is 0 Å². The second-order valence-electron chi connectivity index (χ2n) is 3.86. The summed E-state index contributed by atoms with van der Waals surface area (Å²) in [6.07, 6.45) is 2.09. The van der Waals surface area contributed by atoms with E-state index in [1.54, 1.807) is 0 Å². The monoisotopic (exact) mass is 214 g/mol. The van der Waals surface area contributed by atoms with Crippen molar-refractivity contribution in [1.29, 1.82) is 0 Å². The fourth-order valence-corrected chi connectivity index (χ4v) is 1.78. The van der Waals surface area contributed by atoms with Crippen molar-refractivity contribution in [3.8, 4) is 0 Å². The van der Waals surface area contributed by atoms with Gasteiger partial charge in [0.25, 0.3) is 0 Å². The van der Waals surface area contributed by atoms with Crippen molar-refractivity contribution < 1.29 is 4.79 Å². The molecule has 1 saturated heterocycles. The van der Waals surface area contributed by atoms with Gasteiger partial charge in [-0.3, -0.25) is 0 Å². The SMILES string of the molecule is CCC(CCN)NCCN1CCNC1=O. The van der Waals surface area contributed by atoms with E-state index in [1.165, 1.54) is 0 Å².